The van der Waals surface area contributed by atoms with E-state index < -0.39 is 0 Å². The van der Waals surface area contributed by atoms with Gasteiger partial charge in [-0.25, -0.2) is 0 Å². The van der Waals surface area contributed by atoms with E-state index in [2.05, 4.69) is 53.3 Å². The quantitative estimate of drug-likeness (QED) is 0.430. The summed E-state index contributed by atoms with van der Waals surface area (Å²) in [4.78, 5) is 0. The number of hydrogen-bond donors (Lipinski definition) is 0. The Bertz CT molecular complexity index is 425. The summed E-state index contributed by atoms with van der Waals surface area (Å²) in [6.45, 7) is 15.0. The third kappa shape index (κ3) is 8.41. The SMILES string of the molecule is C.C.C=C(C)C1CC=C(C)CC1.CC1=CCC(=C(C)C)CC1. The van der Waals surface area contributed by atoms with Gasteiger partial charge in [-0.15, -0.1) is 0 Å². The molecule has 0 fully saturated rings. The molecular weight excluding hydrogens is 264 g/mol. The summed E-state index contributed by atoms with van der Waals surface area (Å²) >= 11 is 0. The minimum atomic E-state index is 0. The second-order valence-corrected chi connectivity index (χ2v) is 6.73. The van der Waals surface area contributed by atoms with Crippen LogP contribution in [0.25, 0.3) is 0 Å². The van der Waals surface area contributed by atoms with Gasteiger partial charge in [0.15, 0.2) is 0 Å². The zero-order chi connectivity index (χ0) is 15.1. The summed E-state index contributed by atoms with van der Waals surface area (Å²) in [5.74, 6) is 0.767. The first kappa shape index (κ1) is 23.2. The summed E-state index contributed by atoms with van der Waals surface area (Å²) < 4.78 is 0. The summed E-state index contributed by atoms with van der Waals surface area (Å²) in [6.07, 6.45) is 12.3. The van der Waals surface area contributed by atoms with Crippen LogP contribution < -0.4 is 0 Å². The van der Waals surface area contributed by atoms with E-state index in [-0.39, 0.29) is 14.9 Å². The van der Waals surface area contributed by atoms with E-state index in [0.717, 1.165) is 5.92 Å². The lowest BCUT2D eigenvalue weighted by Gasteiger charge is -2.19. The molecule has 0 aromatic rings. The second-order valence-electron chi connectivity index (χ2n) is 6.73. The fourth-order valence-electron chi connectivity index (χ4n) is 2.72. The Morgan fingerprint density at radius 1 is 0.955 bits per heavy atom. The second kappa shape index (κ2) is 11.5. The predicted octanol–water partition coefficient (Wildman–Crippen LogP) is 8.03. The van der Waals surface area contributed by atoms with Crippen LogP contribution in [-0.4, -0.2) is 0 Å². The highest BCUT2D eigenvalue weighted by atomic mass is 14.2. The van der Waals surface area contributed by atoms with Gasteiger partial charge < -0.3 is 0 Å². The Labute approximate surface area is 141 Å². The van der Waals surface area contributed by atoms with E-state index in [1.165, 1.54) is 49.7 Å². The highest BCUT2D eigenvalue weighted by Gasteiger charge is 2.11. The van der Waals surface area contributed by atoms with Crippen molar-refractivity contribution >= 4 is 0 Å². The average Bonchev–Trinajstić information content (AvgIpc) is 2.40. The third-order valence-corrected chi connectivity index (χ3v) is 4.56. The summed E-state index contributed by atoms with van der Waals surface area (Å²) in [5, 5.41) is 0. The highest BCUT2D eigenvalue weighted by molar-refractivity contribution is 5.21. The molecule has 0 bridgehead atoms. The van der Waals surface area contributed by atoms with Gasteiger partial charge in [0.2, 0.25) is 0 Å². The van der Waals surface area contributed by atoms with Crippen LogP contribution in [0.1, 0.15) is 88.0 Å². The van der Waals surface area contributed by atoms with Crippen LogP contribution in [0.3, 0.4) is 0 Å². The van der Waals surface area contributed by atoms with Crippen LogP contribution in [0.4, 0.5) is 0 Å². The Kier molecular flexibility index (Phi) is 12.2. The minimum absolute atomic E-state index is 0. The monoisotopic (exact) mass is 304 g/mol. The number of hydrogen-bond acceptors (Lipinski definition) is 0. The van der Waals surface area contributed by atoms with E-state index in [9.17, 15) is 0 Å². The Balaban J connectivity index is 0. The molecule has 2 aliphatic rings. The van der Waals surface area contributed by atoms with Gasteiger partial charge in [0.1, 0.15) is 0 Å². The molecule has 1 atom stereocenters. The fourth-order valence-corrected chi connectivity index (χ4v) is 2.72. The molecular formula is C22H40. The Hall–Kier alpha value is -1.04. The van der Waals surface area contributed by atoms with Crippen molar-refractivity contribution in [3.05, 3.63) is 46.6 Å². The molecule has 0 aliphatic heterocycles. The van der Waals surface area contributed by atoms with Crippen molar-refractivity contribution in [3.63, 3.8) is 0 Å². The molecule has 0 aromatic carbocycles. The van der Waals surface area contributed by atoms with Crippen molar-refractivity contribution in [1.82, 2.24) is 0 Å². The number of rotatable bonds is 1. The van der Waals surface area contributed by atoms with E-state index in [1.54, 1.807) is 16.7 Å². The first-order chi connectivity index (χ1) is 9.40. The van der Waals surface area contributed by atoms with E-state index in [4.69, 9.17) is 0 Å². The molecule has 2 rings (SSSR count). The van der Waals surface area contributed by atoms with E-state index >= 15 is 0 Å². The molecule has 0 spiro atoms. The minimum Gasteiger partial charge on any atom is -0.0998 e. The lowest BCUT2D eigenvalue weighted by Crippen LogP contribution is -2.04. The smallest absolute Gasteiger partial charge is 0.0134 e. The summed E-state index contributed by atoms with van der Waals surface area (Å²) in [7, 11) is 0. The first-order valence-electron chi connectivity index (χ1n) is 8.02. The van der Waals surface area contributed by atoms with Gasteiger partial charge in [-0.1, -0.05) is 61.4 Å². The summed E-state index contributed by atoms with van der Waals surface area (Å²) in [5.41, 5.74) is 7.63. The lowest BCUT2D eigenvalue weighted by molar-refractivity contribution is 0.540. The topological polar surface area (TPSA) is 0 Å². The summed E-state index contributed by atoms with van der Waals surface area (Å²) in [6, 6.07) is 0. The first-order valence-corrected chi connectivity index (χ1v) is 8.02. The molecule has 2 aliphatic carbocycles. The van der Waals surface area contributed by atoms with Crippen molar-refractivity contribution in [3.8, 4) is 0 Å². The van der Waals surface area contributed by atoms with Crippen molar-refractivity contribution in [2.75, 3.05) is 0 Å². The zero-order valence-electron chi connectivity index (χ0n) is 14.2. The van der Waals surface area contributed by atoms with E-state index in [1.807, 2.05) is 0 Å². The average molecular weight is 305 g/mol. The molecule has 0 saturated carbocycles. The van der Waals surface area contributed by atoms with Crippen LogP contribution in [0, 0.1) is 5.92 Å². The van der Waals surface area contributed by atoms with Crippen LogP contribution >= 0.6 is 0 Å². The van der Waals surface area contributed by atoms with Gasteiger partial charge in [-0.2, -0.15) is 0 Å². The lowest BCUT2D eigenvalue weighted by atomic mass is 9.86. The van der Waals surface area contributed by atoms with Crippen molar-refractivity contribution in [2.24, 2.45) is 5.92 Å². The highest BCUT2D eigenvalue weighted by Crippen LogP contribution is 2.27. The van der Waals surface area contributed by atoms with Crippen molar-refractivity contribution in [1.29, 1.82) is 0 Å². The molecule has 0 radical (unpaired) electrons. The van der Waals surface area contributed by atoms with Gasteiger partial charge in [-0.3, -0.25) is 0 Å². The molecule has 1 unspecified atom stereocenters. The zero-order valence-corrected chi connectivity index (χ0v) is 14.2. The van der Waals surface area contributed by atoms with Crippen molar-refractivity contribution in [2.45, 2.75) is 88.0 Å². The molecule has 0 aromatic heterocycles. The Morgan fingerprint density at radius 3 is 1.91 bits per heavy atom. The maximum Gasteiger partial charge on any atom is -0.0134 e. The molecule has 0 nitrogen and oxygen atoms in total. The number of allylic oxidation sites excluding steroid dienone is 7. The standard InChI is InChI=1S/2C10H16.2CH4/c2*1-8(2)10-6-4-9(3)5-7-10;;/h4H,5-7H2,1-3H3;4,10H,1,5-7H2,2-3H3;2*1H4. The van der Waals surface area contributed by atoms with Gasteiger partial charge >= 0.3 is 0 Å². The molecule has 128 valence electrons. The predicted molar refractivity (Wildman–Crippen MR) is 105 cm³/mol. The molecule has 0 amide bonds. The third-order valence-electron chi connectivity index (χ3n) is 4.56. The fraction of sp³-hybridized carbons (Fsp3) is 0.636. The molecule has 0 saturated heterocycles. The molecule has 0 N–H and O–H groups in total. The van der Waals surface area contributed by atoms with Crippen LogP contribution in [0.2, 0.25) is 0 Å². The normalized spacial score (nSPS) is 20.2. The van der Waals surface area contributed by atoms with Gasteiger partial charge in [0.05, 0.1) is 0 Å². The maximum atomic E-state index is 3.97. The molecule has 0 heterocycles. The van der Waals surface area contributed by atoms with Crippen LogP contribution in [0.15, 0.2) is 46.6 Å². The van der Waals surface area contributed by atoms with Crippen LogP contribution in [-0.2, 0) is 0 Å². The molecule has 0 heteroatoms. The maximum absolute atomic E-state index is 3.97. The van der Waals surface area contributed by atoms with E-state index in [0.29, 0.717) is 0 Å². The van der Waals surface area contributed by atoms with Gasteiger partial charge in [-0.05, 0) is 79.1 Å². The van der Waals surface area contributed by atoms with Gasteiger partial charge in [0, 0.05) is 0 Å². The molecule has 22 heavy (non-hydrogen) atoms. The Morgan fingerprint density at radius 2 is 1.55 bits per heavy atom. The van der Waals surface area contributed by atoms with Crippen molar-refractivity contribution < 1.29 is 0 Å². The van der Waals surface area contributed by atoms with Gasteiger partial charge in [0.25, 0.3) is 0 Å². The largest absolute Gasteiger partial charge is 0.0998 e. The van der Waals surface area contributed by atoms with Crippen LogP contribution in [0.5, 0.6) is 0 Å².